The molecule has 1 N–H and O–H groups in total. The maximum atomic E-state index is 13.2. The van der Waals surface area contributed by atoms with Crippen LogP contribution >= 0.6 is 23.2 Å². The van der Waals surface area contributed by atoms with E-state index in [2.05, 4.69) is 34.8 Å². The molecule has 0 atom stereocenters. The van der Waals surface area contributed by atoms with E-state index >= 15 is 0 Å². The van der Waals surface area contributed by atoms with E-state index in [0.29, 0.717) is 38.0 Å². The van der Waals surface area contributed by atoms with E-state index in [1.807, 2.05) is 24.5 Å². The van der Waals surface area contributed by atoms with E-state index in [0.717, 1.165) is 40.3 Å². The van der Waals surface area contributed by atoms with Gasteiger partial charge in [-0.3, -0.25) is 14.7 Å². The molecule has 3 aromatic rings. The van der Waals surface area contributed by atoms with Crippen molar-refractivity contribution in [2.24, 2.45) is 5.92 Å². The summed E-state index contributed by atoms with van der Waals surface area (Å²) >= 11 is 13.1. The van der Waals surface area contributed by atoms with Crippen molar-refractivity contribution < 1.29 is 9.59 Å². The highest BCUT2D eigenvalue weighted by Gasteiger charge is 2.41. The highest BCUT2D eigenvalue weighted by molar-refractivity contribution is 6.33. The van der Waals surface area contributed by atoms with Crippen LogP contribution in [0.1, 0.15) is 73.6 Å². The lowest BCUT2D eigenvalue weighted by atomic mass is 9.93. The van der Waals surface area contributed by atoms with Crippen molar-refractivity contribution in [3.63, 3.8) is 0 Å². The lowest BCUT2D eigenvalue weighted by Gasteiger charge is -2.38. The number of nitrogens with zero attached hydrogens (tertiary/aromatic N) is 4. The number of nitrogens with one attached hydrogen (secondary N) is 1. The molecule has 7 nitrogen and oxygen atoms in total. The second-order valence-electron chi connectivity index (χ2n) is 10.7. The van der Waals surface area contributed by atoms with Crippen LogP contribution in [0.2, 0.25) is 10.2 Å². The van der Waals surface area contributed by atoms with Crippen molar-refractivity contribution in [3.8, 4) is 0 Å². The first-order chi connectivity index (χ1) is 17.1. The lowest BCUT2D eigenvalue weighted by molar-refractivity contribution is -0.132. The van der Waals surface area contributed by atoms with Crippen LogP contribution in [-0.2, 0) is 23.1 Å². The number of hydrogen-bond acceptors (Lipinski definition) is 4. The molecule has 2 fully saturated rings. The number of carbonyl (C=O) groups excluding carboxylic acids is 2. The molecule has 190 valence electrons. The van der Waals surface area contributed by atoms with Gasteiger partial charge in [-0.1, -0.05) is 36.7 Å². The molecule has 0 radical (unpaired) electrons. The van der Waals surface area contributed by atoms with Gasteiger partial charge in [-0.25, -0.2) is 4.98 Å². The zero-order valence-corrected chi connectivity index (χ0v) is 22.4. The first-order valence-electron chi connectivity index (χ1n) is 12.5. The van der Waals surface area contributed by atoms with Gasteiger partial charge in [0.25, 0.3) is 0 Å². The lowest BCUT2D eigenvalue weighted by Crippen LogP contribution is -2.50. The third-order valence-electron chi connectivity index (χ3n) is 7.61. The molecule has 0 unspecified atom stereocenters. The number of carbonyl (C=O) groups is 2. The maximum Gasteiger partial charge on any atom is 0.245 e. The molecule has 5 rings (SSSR count). The fourth-order valence-corrected chi connectivity index (χ4v) is 5.91. The number of rotatable bonds is 9. The SMILES string of the molecule is C=CC(=O)N1CC(CC(=O)c2c(Cl)nc(CCc3[nH]nc4cc(Cl)c(C5(C)CC5)cc34)n2C(C)C)C1. The average molecular weight is 528 g/mol. The fourth-order valence-electron chi connectivity index (χ4n) is 5.23. The Morgan fingerprint density at radius 2 is 1.97 bits per heavy atom. The van der Waals surface area contributed by atoms with Crippen molar-refractivity contribution >= 4 is 45.8 Å². The van der Waals surface area contributed by atoms with Gasteiger partial charge in [-0.15, -0.1) is 0 Å². The summed E-state index contributed by atoms with van der Waals surface area (Å²) in [5.41, 5.74) is 3.68. The summed E-state index contributed by atoms with van der Waals surface area (Å²) < 4.78 is 1.96. The summed E-state index contributed by atoms with van der Waals surface area (Å²) in [6.07, 6.45) is 5.24. The molecule has 1 saturated carbocycles. The smallest absolute Gasteiger partial charge is 0.245 e. The van der Waals surface area contributed by atoms with Crippen molar-refractivity contribution in [1.82, 2.24) is 24.6 Å². The standard InChI is InChI=1S/C27H31Cl2N5O2/c1-5-24(36)33-13-16(14-33)10-22(35)25-26(29)30-23(34(25)15(2)3)7-6-20-17-11-18(27(4)8-9-27)19(28)12-21(17)32-31-20/h5,11-12,15-16H,1,6-10,13-14H2,2-4H3,(H,31,32). The van der Waals surface area contributed by atoms with Gasteiger partial charge >= 0.3 is 0 Å². The van der Waals surface area contributed by atoms with Gasteiger partial charge in [0.05, 0.1) is 5.52 Å². The van der Waals surface area contributed by atoms with E-state index in [1.54, 1.807) is 4.90 Å². The van der Waals surface area contributed by atoms with Gasteiger partial charge in [0.1, 0.15) is 11.5 Å². The number of halogens is 2. The number of aryl methyl sites for hydroxylation is 2. The predicted molar refractivity (Wildman–Crippen MR) is 142 cm³/mol. The number of ketones is 1. The molecule has 1 aliphatic carbocycles. The minimum absolute atomic E-state index is 0.0259. The van der Waals surface area contributed by atoms with Gasteiger partial charge in [-0.05, 0) is 62.3 Å². The Morgan fingerprint density at radius 3 is 2.61 bits per heavy atom. The van der Waals surface area contributed by atoms with Crippen LogP contribution in [0.5, 0.6) is 0 Å². The number of fused-ring (bicyclic) bond motifs is 1. The monoisotopic (exact) mass is 527 g/mol. The Morgan fingerprint density at radius 1 is 1.25 bits per heavy atom. The largest absolute Gasteiger partial charge is 0.338 e. The van der Waals surface area contributed by atoms with E-state index in [9.17, 15) is 9.59 Å². The summed E-state index contributed by atoms with van der Waals surface area (Å²) in [4.78, 5) is 31.2. The normalized spacial score (nSPS) is 17.0. The van der Waals surface area contributed by atoms with Crippen LogP contribution in [0.25, 0.3) is 10.9 Å². The van der Waals surface area contributed by atoms with Gasteiger partial charge in [-0.2, -0.15) is 5.10 Å². The highest BCUT2D eigenvalue weighted by atomic mass is 35.5. The van der Waals surface area contributed by atoms with Crippen molar-refractivity contribution in [2.75, 3.05) is 13.1 Å². The summed E-state index contributed by atoms with van der Waals surface area (Å²) in [7, 11) is 0. The number of aromatic nitrogens is 4. The van der Waals surface area contributed by atoms with Crippen LogP contribution in [0.15, 0.2) is 24.8 Å². The maximum absolute atomic E-state index is 13.2. The summed E-state index contributed by atoms with van der Waals surface area (Å²) in [5, 5.41) is 9.74. The first kappa shape index (κ1) is 25.0. The Kier molecular flexibility index (Phi) is 6.50. The molecule has 2 aromatic heterocycles. The molecule has 1 saturated heterocycles. The second kappa shape index (κ2) is 9.34. The molecule has 3 heterocycles. The summed E-state index contributed by atoms with van der Waals surface area (Å²) in [6, 6.07) is 4.15. The van der Waals surface area contributed by atoms with E-state index in [4.69, 9.17) is 23.2 Å². The third-order valence-corrected chi connectivity index (χ3v) is 8.19. The summed E-state index contributed by atoms with van der Waals surface area (Å²) in [5.74, 6) is 0.772. The molecule has 0 spiro atoms. The summed E-state index contributed by atoms with van der Waals surface area (Å²) in [6.45, 7) is 11.0. The van der Waals surface area contributed by atoms with Gasteiger partial charge in [0, 0.05) is 54.0 Å². The van der Waals surface area contributed by atoms with Crippen molar-refractivity contribution in [3.05, 3.63) is 57.7 Å². The topological polar surface area (TPSA) is 83.9 Å². The molecule has 1 amide bonds. The van der Waals surface area contributed by atoms with Crippen LogP contribution < -0.4 is 0 Å². The molecule has 36 heavy (non-hydrogen) atoms. The Labute approximate surface area is 220 Å². The molecule has 2 aliphatic rings. The van der Waals surface area contributed by atoms with Crippen molar-refractivity contribution in [2.45, 2.75) is 64.3 Å². The fraction of sp³-hybridized carbons (Fsp3) is 0.481. The third kappa shape index (κ3) is 4.48. The number of H-pyrrole nitrogens is 1. The zero-order chi connectivity index (χ0) is 25.8. The minimum atomic E-state index is -0.0989. The van der Waals surface area contributed by atoms with Crippen molar-refractivity contribution in [1.29, 1.82) is 0 Å². The molecular weight excluding hydrogens is 497 g/mol. The van der Waals surface area contributed by atoms with E-state index < -0.39 is 0 Å². The number of aromatic amines is 1. The minimum Gasteiger partial charge on any atom is -0.338 e. The quantitative estimate of drug-likeness (QED) is 0.285. The molecule has 9 heteroatoms. The number of likely N-dealkylation sites (tertiary alicyclic amines) is 1. The Bertz CT molecular complexity index is 1360. The second-order valence-corrected chi connectivity index (χ2v) is 11.4. The number of hydrogen-bond donors (Lipinski definition) is 1. The van der Waals surface area contributed by atoms with Crippen LogP contribution in [0.3, 0.4) is 0 Å². The molecule has 1 aromatic carbocycles. The Balaban J connectivity index is 1.34. The Hall–Kier alpha value is -2.64. The van der Waals surface area contributed by atoms with E-state index in [1.165, 1.54) is 11.6 Å². The number of Topliss-reactive ketones (excluding diaryl/α,β-unsaturated/α-hetero) is 1. The highest BCUT2D eigenvalue weighted by Crippen LogP contribution is 2.50. The average Bonchev–Trinajstić information content (AvgIpc) is 3.28. The number of imidazole rings is 1. The van der Waals surface area contributed by atoms with Crippen LogP contribution in [-0.4, -0.2) is 49.4 Å². The molecule has 1 aliphatic heterocycles. The number of benzene rings is 1. The van der Waals surface area contributed by atoms with Crippen LogP contribution in [0, 0.1) is 5.92 Å². The van der Waals surface area contributed by atoms with Gasteiger partial charge in [0.2, 0.25) is 5.91 Å². The van der Waals surface area contributed by atoms with Crippen LogP contribution in [0.4, 0.5) is 0 Å². The van der Waals surface area contributed by atoms with E-state index in [-0.39, 0.29) is 34.2 Å². The number of amides is 1. The predicted octanol–water partition coefficient (Wildman–Crippen LogP) is 5.70. The first-order valence-corrected chi connectivity index (χ1v) is 13.2. The van der Waals surface area contributed by atoms with Gasteiger partial charge in [0.15, 0.2) is 10.9 Å². The molecular formula is C27H31Cl2N5O2. The molecule has 0 bridgehead atoms. The zero-order valence-electron chi connectivity index (χ0n) is 20.9. The van der Waals surface area contributed by atoms with Gasteiger partial charge < -0.3 is 9.47 Å².